The Labute approximate surface area is 130 Å². The first kappa shape index (κ1) is 13.5. The van der Waals surface area contributed by atoms with Crippen LogP contribution >= 0.6 is 27.3 Å². The number of nitrogens with two attached hydrogens (primary N) is 1. The Hall–Kier alpha value is -1.46. The molecule has 0 aliphatic rings. The first-order valence-electron chi connectivity index (χ1n) is 6.38. The van der Waals surface area contributed by atoms with Gasteiger partial charge in [0.05, 0.1) is 10.2 Å². The minimum Gasteiger partial charge on any atom is -0.375 e. The minimum atomic E-state index is 0.610. The first-order chi connectivity index (χ1) is 9.63. The van der Waals surface area contributed by atoms with Crippen LogP contribution in [0.25, 0.3) is 10.2 Å². The fourth-order valence-electron chi connectivity index (χ4n) is 2.25. The number of benzene rings is 1. The van der Waals surface area contributed by atoms with Gasteiger partial charge in [0, 0.05) is 16.4 Å². The quantitative estimate of drug-likeness (QED) is 0.774. The zero-order valence-electron chi connectivity index (χ0n) is 11.1. The van der Waals surface area contributed by atoms with Gasteiger partial charge in [-0.15, -0.1) is 0 Å². The van der Waals surface area contributed by atoms with Gasteiger partial charge in [-0.05, 0) is 65.0 Å². The van der Waals surface area contributed by atoms with Crippen molar-refractivity contribution in [2.45, 2.75) is 19.8 Å². The summed E-state index contributed by atoms with van der Waals surface area (Å²) in [5.74, 6) is 0. The molecule has 0 atom stereocenters. The second-order valence-electron chi connectivity index (χ2n) is 4.74. The van der Waals surface area contributed by atoms with E-state index < -0.39 is 0 Å². The second kappa shape index (κ2) is 5.50. The summed E-state index contributed by atoms with van der Waals surface area (Å²) in [6.07, 6.45) is 3.76. The molecule has 3 rings (SSSR count). The number of halogens is 1. The van der Waals surface area contributed by atoms with E-state index in [1.165, 1.54) is 22.5 Å². The lowest BCUT2D eigenvalue weighted by Gasteiger charge is -2.05. The third-order valence-electron chi connectivity index (χ3n) is 3.29. The van der Waals surface area contributed by atoms with Gasteiger partial charge in [-0.25, -0.2) is 4.98 Å². The molecule has 3 aromatic rings. The number of hydrogen-bond acceptors (Lipinski definition) is 4. The molecule has 0 radical (unpaired) electrons. The van der Waals surface area contributed by atoms with E-state index in [-0.39, 0.29) is 0 Å². The van der Waals surface area contributed by atoms with E-state index in [1.54, 1.807) is 0 Å². The minimum absolute atomic E-state index is 0.610. The van der Waals surface area contributed by atoms with Crippen molar-refractivity contribution in [3.8, 4) is 0 Å². The molecular weight excluding hydrogens is 334 g/mol. The molecule has 0 fully saturated rings. The Balaban J connectivity index is 1.86. The Morgan fingerprint density at radius 1 is 1.30 bits per heavy atom. The van der Waals surface area contributed by atoms with E-state index in [4.69, 9.17) is 5.73 Å². The number of fused-ring (bicyclic) bond motifs is 1. The maximum atomic E-state index is 5.77. The number of rotatable bonds is 3. The highest BCUT2D eigenvalue weighted by molar-refractivity contribution is 9.10. The summed E-state index contributed by atoms with van der Waals surface area (Å²) in [6.45, 7) is 2.10. The van der Waals surface area contributed by atoms with Gasteiger partial charge in [0.1, 0.15) is 0 Å². The van der Waals surface area contributed by atoms with E-state index in [0.29, 0.717) is 5.13 Å². The van der Waals surface area contributed by atoms with Crippen LogP contribution < -0.4 is 5.73 Å². The fourth-order valence-corrected chi connectivity index (χ4v) is 3.80. The smallest absolute Gasteiger partial charge is 0.181 e. The van der Waals surface area contributed by atoms with Gasteiger partial charge in [0.25, 0.3) is 0 Å². The standard InChI is InChI=1S/C15H14BrN3S/c1-9-3-2-6-18-12(9)5-4-10-7-11(16)14-13(8-10)20-15(17)19-14/h2-3,6-8H,4-5H2,1H3,(H2,17,19). The topological polar surface area (TPSA) is 51.8 Å². The third kappa shape index (κ3) is 2.69. The molecule has 20 heavy (non-hydrogen) atoms. The lowest BCUT2D eigenvalue weighted by atomic mass is 10.1. The van der Waals surface area contributed by atoms with E-state index in [9.17, 15) is 0 Å². The Kier molecular flexibility index (Phi) is 3.72. The van der Waals surface area contributed by atoms with Gasteiger partial charge in [-0.2, -0.15) is 0 Å². The highest BCUT2D eigenvalue weighted by Crippen LogP contribution is 2.31. The summed E-state index contributed by atoms with van der Waals surface area (Å²) < 4.78 is 2.14. The zero-order chi connectivity index (χ0) is 14.1. The molecule has 5 heteroatoms. The van der Waals surface area contributed by atoms with Gasteiger partial charge in [0.2, 0.25) is 0 Å². The van der Waals surface area contributed by atoms with Crippen molar-refractivity contribution in [3.05, 3.63) is 51.8 Å². The van der Waals surface area contributed by atoms with Crippen LogP contribution in [-0.4, -0.2) is 9.97 Å². The van der Waals surface area contributed by atoms with Crippen LogP contribution in [0.3, 0.4) is 0 Å². The molecule has 0 bridgehead atoms. The van der Waals surface area contributed by atoms with Crippen molar-refractivity contribution >= 4 is 42.6 Å². The van der Waals surface area contributed by atoms with Crippen LogP contribution in [0.2, 0.25) is 0 Å². The Bertz CT molecular complexity index is 767. The monoisotopic (exact) mass is 347 g/mol. The molecule has 2 N–H and O–H groups in total. The Morgan fingerprint density at radius 3 is 2.95 bits per heavy atom. The van der Waals surface area contributed by atoms with E-state index in [0.717, 1.165) is 33.2 Å². The van der Waals surface area contributed by atoms with Crippen LogP contribution in [0, 0.1) is 6.92 Å². The van der Waals surface area contributed by atoms with E-state index >= 15 is 0 Å². The van der Waals surface area contributed by atoms with Crippen molar-refractivity contribution in [1.29, 1.82) is 0 Å². The van der Waals surface area contributed by atoms with Crippen molar-refractivity contribution in [2.24, 2.45) is 0 Å². The first-order valence-corrected chi connectivity index (χ1v) is 7.99. The van der Waals surface area contributed by atoms with Gasteiger partial charge >= 0.3 is 0 Å². The third-order valence-corrected chi connectivity index (χ3v) is 4.73. The molecule has 0 saturated carbocycles. The van der Waals surface area contributed by atoms with Crippen LogP contribution in [0.4, 0.5) is 5.13 Å². The number of thiazole rings is 1. The van der Waals surface area contributed by atoms with Crippen LogP contribution in [-0.2, 0) is 12.8 Å². The summed E-state index contributed by atoms with van der Waals surface area (Å²) in [6, 6.07) is 8.37. The van der Waals surface area contributed by atoms with E-state index in [2.05, 4.69) is 51.0 Å². The number of aromatic nitrogens is 2. The van der Waals surface area contributed by atoms with Crippen molar-refractivity contribution in [3.63, 3.8) is 0 Å². The molecular formula is C15H14BrN3S. The van der Waals surface area contributed by atoms with Crippen molar-refractivity contribution in [2.75, 3.05) is 5.73 Å². The number of hydrogen-bond donors (Lipinski definition) is 1. The van der Waals surface area contributed by atoms with Crippen molar-refractivity contribution < 1.29 is 0 Å². The molecule has 0 unspecified atom stereocenters. The summed E-state index contributed by atoms with van der Waals surface area (Å²) in [7, 11) is 0. The van der Waals surface area contributed by atoms with Crippen LogP contribution in [0.1, 0.15) is 16.8 Å². The van der Waals surface area contributed by atoms with Crippen LogP contribution in [0.15, 0.2) is 34.9 Å². The molecule has 1 aromatic carbocycles. The number of anilines is 1. The molecule has 2 aromatic heterocycles. The number of nitrogen functional groups attached to an aromatic ring is 1. The summed E-state index contributed by atoms with van der Waals surface area (Å²) >= 11 is 5.10. The summed E-state index contributed by atoms with van der Waals surface area (Å²) in [5, 5.41) is 0.610. The molecule has 3 nitrogen and oxygen atoms in total. The lowest BCUT2D eigenvalue weighted by Crippen LogP contribution is -1.97. The predicted octanol–water partition coefficient (Wildman–Crippen LogP) is 4.13. The zero-order valence-corrected chi connectivity index (χ0v) is 13.5. The van der Waals surface area contributed by atoms with Crippen molar-refractivity contribution in [1.82, 2.24) is 9.97 Å². The lowest BCUT2D eigenvalue weighted by molar-refractivity contribution is 0.901. The fraction of sp³-hybridized carbons (Fsp3) is 0.200. The molecule has 0 aliphatic heterocycles. The average molecular weight is 348 g/mol. The van der Waals surface area contributed by atoms with Gasteiger partial charge < -0.3 is 5.73 Å². The van der Waals surface area contributed by atoms with Gasteiger partial charge in [-0.1, -0.05) is 17.4 Å². The SMILES string of the molecule is Cc1cccnc1CCc1cc(Br)c2nc(N)sc2c1. The second-order valence-corrected chi connectivity index (χ2v) is 6.66. The molecule has 0 spiro atoms. The maximum Gasteiger partial charge on any atom is 0.181 e. The molecule has 0 amide bonds. The molecule has 2 heterocycles. The summed E-state index contributed by atoms with van der Waals surface area (Å²) in [4.78, 5) is 8.76. The number of aryl methyl sites for hydroxylation is 3. The number of nitrogens with zero attached hydrogens (tertiary/aromatic N) is 2. The van der Waals surface area contributed by atoms with Gasteiger partial charge in [-0.3, -0.25) is 4.98 Å². The highest BCUT2D eigenvalue weighted by Gasteiger charge is 2.08. The van der Waals surface area contributed by atoms with E-state index in [1.807, 2.05) is 12.3 Å². The maximum absolute atomic E-state index is 5.77. The molecule has 0 aliphatic carbocycles. The highest BCUT2D eigenvalue weighted by atomic mass is 79.9. The normalized spacial score (nSPS) is 11.1. The number of pyridine rings is 1. The summed E-state index contributed by atoms with van der Waals surface area (Å²) in [5.41, 5.74) is 10.4. The molecule has 0 saturated heterocycles. The predicted molar refractivity (Wildman–Crippen MR) is 88.1 cm³/mol. The van der Waals surface area contributed by atoms with Crippen LogP contribution in [0.5, 0.6) is 0 Å². The average Bonchev–Trinajstić information content (AvgIpc) is 2.79. The largest absolute Gasteiger partial charge is 0.375 e. The molecule has 102 valence electrons. The Morgan fingerprint density at radius 2 is 2.15 bits per heavy atom. The van der Waals surface area contributed by atoms with Gasteiger partial charge in [0.15, 0.2) is 5.13 Å².